The molecule has 2 saturated heterocycles. The lowest BCUT2D eigenvalue weighted by Crippen LogP contribution is -2.33. The van der Waals surface area contributed by atoms with E-state index in [1.807, 2.05) is 18.3 Å². The Kier molecular flexibility index (Phi) is 6.10. The van der Waals surface area contributed by atoms with Crippen LogP contribution in [0.15, 0.2) is 54.7 Å². The van der Waals surface area contributed by atoms with Crippen LogP contribution in [-0.4, -0.2) is 23.2 Å². The van der Waals surface area contributed by atoms with Gasteiger partial charge >= 0.3 is 0 Å². The molecule has 0 bridgehead atoms. The summed E-state index contributed by atoms with van der Waals surface area (Å²) < 4.78 is 0. The second-order valence-corrected chi connectivity index (χ2v) is 10.9. The number of nitrogens with one attached hydrogen (secondary N) is 1. The van der Waals surface area contributed by atoms with Gasteiger partial charge < -0.3 is 15.1 Å². The number of piperidine rings is 1. The van der Waals surface area contributed by atoms with E-state index in [4.69, 9.17) is 23.8 Å². The molecule has 2 aliphatic rings. The van der Waals surface area contributed by atoms with E-state index in [9.17, 15) is 0 Å². The van der Waals surface area contributed by atoms with Crippen LogP contribution in [-0.2, 0) is 0 Å². The summed E-state index contributed by atoms with van der Waals surface area (Å²) in [6, 6.07) is 16.8. The van der Waals surface area contributed by atoms with Crippen molar-refractivity contribution in [1.29, 1.82) is 0 Å². The minimum absolute atomic E-state index is 0.0221. The van der Waals surface area contributed by atoms with Crippen LogP contribution in [0.4, 0.5) is 11.4 Å². The normalized spacial score (nSPS) is 21.8. The molecule has 7 heteroatoms. The Morgan fingerprint density at radius 2 is 1.94 bits per heavy atom. The summed E-state index contributed by atoms with van der Waals surface area (Å²) in [4.78, 5) is 11.8. The Morgan fingerprint density at radius 1 is 1.12 bits per heavy atom. The van der Waals surface area contributed by atoms with Crippen molar-refractivity contribution in [3.05, 3.63) is 75.2 Å². The highest BCUT2D eigenvalue weighted by atomic mass is 35.5. The lowest BCUT2D eigenvalue weighted by molar-refractivity contribution is 0.438. The van der Waals surface area contributed by atoms with Gasteiger partial charge in [-0.2, -0.15) is 0 Å². The smallest absolute Gasteiger partial charge is 0.174 e. The Hall–Kier alpha value is -2.15. The van der Waals surface area contributed by atoms with Gasteiger partial charge in [-0.15, -0.1) is 11.3 Å². The maximum absolute atomic E-state index is 6.83. The topological polar surface area (TPSA) is 31.4 Å². The van der Waals surface area contributed by atoms with Gasteiger partial charge in [-0.25, -0.2) is 0 Å². The quantitative estimate of drug-likeness (QED) is 0.428. The summed E-state index contributed by atoms with van der Waals surface area (Å²) in [6.45, 7) is 6.58. The van der Waals surface area contributed by atoms with Gasteiger partial charge in [0.2, 0.25) is 0 Å². The zero-order valence-electron chi connectivity index (χ0n) is 18.3. The zero-order valence-corrected chi connectivity index (χ0v) is 20.7. The van der Waals surface area contributed by atoms with Gasteiger partial charge in [-0.3, -0.25) is 4.98 Å². The maximum atomic E-state index is 6.83. The number of anilines is 2. The van der Waals surface area contributed by atoms with Crippen molar-refractivity contribution in [2.75, 3.05) is 22.9 Å². The standard InChI is InChI=1S/C25H27ClN4S2/c1-16-10-13-29(14-11-16)21-8-7-18(15-19(21)26)30-24(22-9-6-17(2)32-22)23(28-25(30)31)20-5-3-4-12-27-20/h3-9,12,15-16,23-24H,10-11,13-14H2,1-2H3,(H,28,31)/t23-,24-/m1/s1. The van der Waals surface area contributed by atoms with Crippen LogP contribution >= 0.6 is 35.2 Å². The predicted molar refractivity (Wildman–Crippen MR) is 139 cm³/mol. The first-order chi connectivity index (χ1) is 15.5. The number of thiophene rings is 1. The molecule has 1 N–H and O–H groups in total. The SMILES string of the molecule is Cc1ccc([C@@H]2[C@@H](c3ccccn3)NC(=S)N2c2ccc(N3CCC(C)CC3)c(Cl)c2)s1. The van der Waals surface area contributed by atoms with Crippen LogP contribution in [0.5, 0.6) is 0 Å². The summed E-state index contributed by atoms with van der Waals surface area (Å²) in [5.41, 5.74) is 3.11. The molecule has 5 rings (SSSR count). The number of benzene rings is 1. The summed E-state index contributed by atoms with van der Waals surface area (Å²) in [7, 11) is 0. The Morgan fingerprint density at radius 3 is 2.59 bits per heavy atom. The summed E-state index contributed by atoms with van der Waals surface area (Å²) in [5, 5.41) is 5.01. The number of pyridine rings is 1. The second kappa shape index (κ2) is 9.00. The van der Waals surface area contributed by atoms with E-state index < -0.39 is 0 Å². The number of halogens is 1. The Bertz CT molecular complexity index is 1110. The van der Waals surface area contributed by atoms with E-state index in [1.165, 1.54) is 22.6 Å². The maximum Gasteiger partial charge on any atom is 0.174 e. The second-order valence-electron chi connectivity index (χ2n) is 8.75. The third kappa shape index (κ3) is 4.12. The van der Waals surface area contributed by atoms with E-state index in [0.717, 1.165) is 41.1 Å². The lowest BCUT2D eigenvalue weighted by Gasteiger charge is -2.33. The van der Waals surface area contributed by atoms with E-state index >= 15 is 0 Å². The van der Waals surface area contributed by atoms with Gasteiger partial charge in [0, 0.05) is 34.7 Å². The molecule has 0 unspecified atom stereocenters. The average Bonchev–Trinajstić information content (AvgIpc) is 3.38. The van der Waals surface area contributed by atoms with E-state index in [0.29, 0.717) is 5.11 Å². The first-order valence-corrected chi connectivity index (χ1v) is 12.7. The molecule has 3 aromatic rings. The van der Waals surface area contributed by atoms with Crippen LogP contribution in [0.1, 0.15) is 47.3 Å². The van der Waals surface area contributed by atoms with Gasteiger partial charge in [-0.05, 0) is 80.4 Å². The molecule has 0 spiro atoms. The molecular weight excluding hydrogens is 456 g/mol. The number of aryl methyl sites for hydroxylation is 1. The van der Waals surface area contributed by atoms with Crippen LogP contribution in [0.2, 0.25) is 5.02 Å². The fraction of sp³-hybridized carbons (Fsp3) is 0.360. The molecule has 0 aliphatic carbocycles. The summed E-state index contributed by atoms with van der Waals surface area (Å²) in [5.74, 6) is 0.788. The van der Waals surface area contributed by atoms with Crippen LogP contribution in [0.25, 0.3) is 0 Å². The molecule has 32 heavy (non-hydrogen) atoms. The van der Waals surface area contributed by atoms with Crippen molar-refractivity contribution in [1.82, 2.24) is 10.3 Å². The fourth-order valence-electron chi connectivity index (χ4n) is 4.69. The summed E-state index contributed by atoms with van der Waals surface area (Å²) in [6.07, 6.45) is 4.26. The molecule has 0 saturated carbocycles. The summed E-state index contributed by atoms with van der Waals surface area (Å²) >= 11 is 14.5. The number of hydrogen-bond donors (Lipinski definition) is 1. The minimum atomic E-state index is -0.0243. The van der Waals surface area contributed by atoms with E-state index in [1.54, 1.807) is 11.3 Å². The fourth-order valence-corrected chi connectivity index (χ4v) is 6.33. The first kappa shape index (κ1) is 21.7. The predicted octanol–water partition coefficient (Wildman–Crippen LogP) is 6.52. The number of hydrogen-bond acceptors (Lipinski definition) is 4. The largest absolute Gasteiger partial charge is 0.370 e. The van der Waals surface area contributed by atoms with Gasteiger partial charge in [0.25, 0.3) is 0 Å². The highest BCUT2D eigenvalue weighted by Gasteiger charge is 2.41. The molecule has 2 atom stereocenters. The van der Waals surface area contributed by atoms with Gasteiger partial charge in [0.05, 0.1) is 28.5 Å². The monoisotopic (exact) mass is 482 g/mol. The molecule has 2 aromatic heterocycles. The third-order valence-corrected chi connectivity index (χ3v) is 8.17. The molecule has 4 heterocycles. The highest BCUT2D eigenvalue weighted by molar-refractivity contribution is 7.80. The van der Waals surface area contributed by atoms with Crippen molar-refractivity contribution in [3.63, 3.8) is 0 Å². The third-order valence-electron chi connectivity index (χ3n) is 6.48. The van der Waals surface area contributed by atoms with Crippen molar-refractivity contribution >= 4 is 51.6 Å². The average molecular weight is 483 g/mol. The highest BCUT2D eigenvalue weighted by Crippen LogP contribution is 2.45. The number of rotatable bonds is 4. The van der Waals surface area contributed by atoms with E-state index in [-0.39, 0.29) is 12.1 Å². The molecule has 0 radical (unpaired) electrons. The molecule has 1 aromatic carbocycles. The van der Waals surface area contributed by atoms with E-state index in [2.05, 4.69) is 70.3 Å². The van der Waals surface area contributed by atoms with Gasteiger partial charge in [-0.1, -0.05) is 24.6 Å². The van der Waals surface area contributed by atoms with Crippen molar-refractivity contribution in [3.8, 4) is 0 Å². The van der Waals surface area contributed by atoms with Crippen LogP contribution in [0.3, 0.4) is 0 Å². The molecule has 2 aliphatic heterocycles. The first-order valence-electron chi connectivity index (χ1n) is 11.1. The van der Waals surface area contributed by atoms with Gasteiger partial charge in [0.15, 0.2) is 5.11 Å². The van der Waals surface area contributed by atoms with Crippen LogP contribution < -0.4 is 15.1 Å². The molecule has 0 amide bonds. The molecular formula is C25H27ClN4S2. The Labute approximate surface area is 204 Å². The number of nitrogens with zero attached hydrogens (tertiary/aromatic N) is 3. The minimum Gasteiger partial charge on any atom is -0.370 e. The number of thiocarbonyl (C=S) groups is 1. The molecule has 4 nitrogen and oxygen atoms in total. The zero-order chi connectivity index (χ0) is 22.2. The van der Waals surface area contributed by atoms with Gasteiger partial charge in [0.1, 0.15) is 0 Å². The van der Waals surface area contributed by atoms with Crippen molar-refractivity contribution in [2.45, 2.75) is 38.8 Å². The molecule has 2 fully saturated rings. The van der Waals surface area contributed by atoms with Crippen LogP contribution in [0, 0.1) is 12.8 Å². The Balaban J connectivity index is 1.51. The number of aromatic nitrogens is 1. The molecule has 166 valence electrons. The lowest BCUT2D eigenvalue weighted by atomic mass is 9.98. The van der Waals surface area contributed by atoms with Crippen molar-refractivity contribution < 1.29 is 0 Å². The van der Waals surface area contributed by atoms with Crippen molar-refractivity contribution in [2.24, 2.45) is 5.92 Å².